The maximum Gasteiger partial charge on any atom is 0.282 e. The molecule has 0 aliphatic carbocycles. The van der Waals surface area contributed by atoms with Gasteiger partial charge in [0.25, 0.3) is 11.8 Å². The molecule has 1 fully saturated rings. The number of benzene rings is 2. The number of phenols is 1. The van der Waals surface area contributed by atoms with Gasteiger partial charge in [-0.1, -0.05) is 11.6 Å². The molecule has 0 bridgehead atoms. The number of hydrazine groups is 1. The summed E-state index contributed by atoms with van der Waals surface area (Å²) in [6.07, 6.45) is 1.40. The van der Waals surface area contributed by atoms with E-state index in [4.69, 9.17) is 11.6 Å². The summed E-state index contributed by atoms with van der Waals surface area (Å²) in [6, 6.07) is 10.0. The molecule has 0 radical (unpaired) electrons. The van der Waals surface area contributed by atoms with Crippen molar-refractivity contribution in [2.45, 2.75) is 0 Å². The Hall–Kier alpha value is -1.33. The zero-order valence-electron chi connectivity index (χ0n) is 11.9. The fourth-order valence-corrected chi connectivity index (χ4v) is 4.20. The van der Waals surface area contributed by atoms with Gasteiger partial charge >= 0.3 is 0 Å². The minimum absolute atomic E-state index is 0.0362. The predicted octanol–water partition coefficient (Wildman–Crippen LogP) is 3.72. The number of rotatable bonds is 2. The molecule has 122 valence electrons. The molecule has 2 aromatic rings. The molecule has 3 rings (SSSR count). The van der Waals surface area contributed by atoms with Crippen molar-refractivity contribution in [1.82, 2.24) is 5.43 Å². The van der Waals surface area contributed by atoms with Crippen molar-refractivity contribution in [3.05, 3.63) is 59.7 Å². The molecular weight excluding hydrogens is 557 g/mol. The quantitative estimate of drug-likeness (QED) is 0.331. The molecule has 1 saturated heterocycles. The van der Waals surface area contributed by atoms with Gasteiger partial charge in [-0.25, -0.2) is 5.01 Å². The average molecular weight is 567 g/mol. The number of carbonyl (C=O) groups is 2. The van der Waals surface area contributed by atoms with E-state index < -0.39 is 11.8 Å². The molecule has 0 unspecified atom stereocenters. The van der Waals surface area contributed by atoms with Crippen molar-refractivity contribution in [1.29, 1.82) is 0 Å². The summed E-state index contributed by atoms with van der Waals surface area (Å²) in [7, 11) is 0. The first-order valence-electron chi connectivity index (χ1n) is 6.67. The minimum Gasteiger partial charge on any atom is -0.506 e. The summed E-state index contributed by atoms with van der Waals surface area (Å²) in [5.74, 6) is -0.979. The smallest absolute Gasteiger partial charge is 0.282 e. The summed E-state index contributed by atoms with van der Waals surface area (Å²) in [6.45, 7) is 0. The summed E-state index contributed by atoms with van der Waals surface area (Å²) >= 11 is 9.94. The first-order valence-corrected chi connectivity index (χ1v) is 9.21. The topological polar surface area (TPSA) is 69.6 Å². The van der Waals surface area contributed by atoms with E-state index in [0.29, 0.717) is 19.8 Å². The number of halogens is 3. The Balaban J connectivity index is 1.99. The van der Waals surface area contributed by atoms with Crippen LogP contribution in [0.5, 0.6) is 5.75 Å². The van der Waals surface area contributed by atoms with Gasteiger partial charge in [-0.15, -0.1) is 0 Å². The van der Waals surface area contributed by atoms with Crippen molar-refractivity contribution in [3.8, 4) is 5.75 Å². The first kappa shape index (κ1) is 17.5. The largest absolute Gasteiger partial charge is 0.506 e. The molecule has 1 aliphatic rings. The lowest BCUT2D eigenvalue weighted by Gasteiger charge is -2.14. The van der Waals surface area contributed by atoms with E-state index in [1.165, 1.54) is 6.08 Å². The predicted molar refractivity (Wildman–Crippen MR) is 109 cm³/mol. The summed E-state index contributed by atoms with van der Waals surface area (Å²) in [5, 5.41) is 11.8. The second kappa shape index (κ2) is 6.89. The monoisotopic (exact) mass is 566 g/mol. The van der Waals surface area contributed by atoms with Gasteiger partial charge in [-0.3, -0.25) is 15.0 Å². The molecular formula is C16H9ClI2N2O3. The van der Waals surface area contributed by atoms with Crippen LogP contribution in [0.3, 0.4) is 0 Å². The van der Waals surface area contributed by atoms with Crippen LogP contribution in [0.2, 0.25) is 5.02 Å². The second-order valence-electron chi connectivity index (χ2n) is 4.94. The highest BCUT2D eigenvalue weighted by atomic mass is 127. The number of anilines is 1. The van der Waals surface area contributed by atoms with E-state index in [-0.39, 0.29) is 11.3 Å². The number of nitrogens with one attached hydrogen (secondary N) is 1. The molecule has 0 saturated carbocycles. The highest BCUT2D eigenvalue weighted by Crippen LogP contribution is 2.30. The van der Waals surface area contributed by atoms with E-state index >= 15 is 0 Å². The number of hydrogen-bond acceptors (Lipinski definition) is 3. The van der Waals surface area contributed by atoms with Crippen LogP contribution in [-0.2, 0) is 9.59 Å². The van der Waals surface area contributed by atoms with Crippen molar-refractivity contribution in [2.24, 2.45) is 0 Å². The standard InChI is InChI=1S/C16H9ClI2N2O3/c17-9-1-3-11(4-2-9)21-16(24)12(15(23)20-21)6-8-5-10(18)7-13(19)14(8)22/h1-7,22H,(H,20,23). The Morgan fingerprint density at radius 1 is 1.12 bits per heavy atom. The molecule has 0 aromatic heterocycles. The van der Waals surface area contributed by atoms with Gasteiger partial charge in [-0.05, 0) is 87.7 Å². The molecule has 2 amide bonds. The Kier molecular flexibility index (Phi) is 5.02. The van der Waals surface area contributed by atoms with Crippen LogP contribution in [0.25, 0.3) is 6.08 Å². The number of hydrogen-bond donors (Lipinski definition) is 2. The lowest BCUT2D eigenvalue weighted by molar-refractivity contribution is -0.117. The van der Waals surface area contributed by atoms with Crippen molar-refractivity contribution >= 4 is 80.4 Å². The molecule has 1 aliphatic heterocycles. The summed E-state index contributed by atoms with van der Waals surface area (Å²) in [4.78, 5) is 24.7. The molecule has 8 heteroatoms. The SMILES string of the molecule is O=C1NN(c2ccc(Cl)cc2)C(=O)C1=Cc1cc(I)cc(I)c1O. The second-order valence-corrected chi connectivity index (χ2v) is 7.79. The van der Waals surface area contributed by atoms with Crippen LogP contribution >= 0.6 is 56.8 Å². The first-order chi connectivity index (χ1) is 11.4. The van der Waals surface area contributed by atoms with Crippen molar-refractivity contribution in [2.75, 3.05) is 5.01 Å². The van der Waals surface area contributed by atoms with E-state index in [1.54, 1.807) is 36.4 Å². The van der Waals surface area contributed by atoms with E-state index in [9.17, 15) is 14.7 Å². The van der Waals surface area contributed by atoms with Gasteiger partial charge in [0.1, 0.15) is 11.3 Å². The van der Waals surface area contributed by atoms with Crippen LogP contribution < -0.4 is 10.4 Å². The highest BCUT2D eigenvalue weighted by Gasteiger charge is 2.34. The van der Waals surface area contributed by atoms with Gasteiger partial charge in [0.2, 0.25) is 0 Å². The van der Waals surface area contributed by atoms with Crippen molar-refractivity contribution in [3.63, 3.8) is 0 Å². The van der Waals surface area contributed by atoms with Crippen LogP contribution in [0.4, 0.5) is 5.69 Å². The maximum atomic E-state index is 12.5. The highest BCUT2D eigenvalue weighted by molar-refractivity contribution is 14.1. The fourth-order valence-electron chi connectivity index (χ4n) is 2.18. The zero-order valence-corrected chi connectivity index (χ0v) is 17.0. The lowest BCUT2D eigenvalue weighted by Crippen LogP contribution is -2.35. The van der Waals surface area contributed by atoms with Gasteiger partial charge in [0.15, 0.2) is 0 Å². The van der Waals surface area contributed by atoms with Crippen LogP contribution in [-0.4, -0.2) is 16.9 Å². The molecule has 0 spiro atoms. The Morgan fingerprint density at radius 2 is 1.79 bits per heavy atom. The van der Waals surface area contributed by atoms with Gasteiger partial charge < -0.3 is 5.11 Å². The Labute approximate surface area is 169 Å². The third kappa shape index (κ3) is 3.38. The van der Waals surface area contributed by atoms with Crippen LogP contribution in [0.15, 0.2) is 42.0 Å². The zero-order chi connectivity index (χ0) is 17.4. The molecule has 5 nitrogen and oxygen atoms in total. The minimum atomic E-state index is -0.525. The average Bonchev–Trinajstić information content (AvgIpc) is 2.81. The third-order valence-corrected chi connectivity index (χ3v) is 5.03. The molecule has 24 heavy (non-hydrogen) atoms. The number of aromatic hydroxyl groups is 1. The van der Waals surface area contributed by atoms with Gasteiger partial charge in [0, 0.05) is 14.2 Å². The van der Waals surface area contributed by atoms with E-state index in [1.807, 2.05) is 22.6 Å². The Morgan fingerprint density at radius 3 is 2.46 bits per heavy atom. The summed E-state index contributed by atoms with van der Waals surface area (Å²) < 4.78 is 1.54. The molecule has 2 aromatic carbocycles. The van der Waals surface area contributed by atoms with Crippen molar-refractivity contribution < 1.29 is 14.7 Å². The Bertz CT molecular complexity index is 882. The van der Waals surface area contributed by atoms with E-state index in [0.717, 1.165) is 8.58 Å². The maximum absolute atomic E-state index is 12.5. The van der Waals surface area contributed by atoms with Crippen LogP contribution in [0, 0.1) is 7.14 Å². The van der Waals surface area contributed by atoms with Gasteiger partial charge in [0.05, 0.1) is 9.26 Å². The number of phenolic OH excluding ortho intramolecular Hbond substituents is 1. The fraction of sp³-hybridized carbons (Fsp3) is 0. The molecule has 0 atom stereocenters. The number of amides is 2. The van der Waals surface area contributed by atoms with Crippen LogP contribution in [0.1, 0.15) is 5.56 Å². The van der Waals surface area contributed by atoms with E-state index in [2.05, 4.69) is 28.0 Å². The summed E-state index contributed by atoms with van der Waals surface area (Å²) in [5.41, 5.74) is 3.38. The number of nitrogens with zero attached hydrogens (tertiary/aromatic N) is 1. The normalized spacial score (nSPS) is 16.0. The number of carbonyl (C=O) groups excluding carboxylic acids is 2. The molecule has 1 heterocycles. The lowest BCUT2D eigenvalue weighted by atomic mass is 10.1. The van der Waals surface area contributed by atoms with Gasteiger partial charge in [-0.2, -0.15) is 0 Å². The molecule has 2 N–H and O–H groups in total. The third-order valence-electron chi connectivity index (χ3n) is 3.33.